The topological polar surface area (TPSA) is 40.2 Å². The highest BCUT2D eigenvalue weighted by atomic mass is 16.3. The highest BCUT2D eigenvalue weighted by Crippen LogP contribution is 2.43. The van der Waals surface area contributed by atoms with E-state index < -0.39 is 0 Å². The van der Waals surface area contributed by atoms with Gasteiger partial charge in [-0.25, -0.2) is 0 Å². The minimum absolute atomic E-state index is 0.389. The number of rotatable bonds is 6. The van der Waals surface area contributed by atoms with Gasteiger partial charge in [-0.05, 0) is 63.7 Å². The van der Waals surface area contributed by atoms with Gasteiger partial charge in [0.25, 0.3) is 0 Å². The van der Waals surface area contributed by atoms with Crippen LogP contribution in [0.4, 0.5) is 11.4 Å². The van der Waals surface area contributed by atoms with E-state index in [0.29, 0.717) is 5.84 Å². The lowest BCUT2D eigenvalue weighted by molar-refractivity contribution is 0.669. The Morgan fingerprint density at radius 3 is 1.50 bits per heavy atom. The number of benzene rings is 7. The number of furan rings is 1. The Kier molecular flexibility index (Phi) is 6.97. The first kappa shape index (κ1) is 27.4. The van der Waals surface area contributed by atoms with Crippen LogP contribution in [0.25, 0.3) is 55.3 Å². The summed E-state index contributed by atoms with van der Waals surface area (Å²) in [6.45, 7) is 0. The molecule has 0 amide bonds. The molecule has 7 aromatic carbocycles. The molecule has 218 valence electrons. The van der Waals surface area contributed by atoms with Gasteiger partial charge in [0.05, 0.1) is 11.1 Å². The molecule has 0 saturated heterocycles. The van der Waals surface area contributed by atoms with Crippen molar-refractivity contribution in [2.45, 2.75) is 0 Å². The SMILES string of the molecule is N=C(c1ccccc1)N(c1ccc(-c2ccc(-c3ccccc3)cc2)cc1)c1cccc2oc3cccc(-c4ccccc4)c3c12. The predicted molar refractivity (Wildman–Crippen MR) is 192 cm³/mol. The molecule has 46 heavy (non-hydrogen) atoms. The van der Waals surface area contributed by atoms with Crippen molar-refractivity contribution in [3.05, 3.63) is 181 Å². The largest absolute Gasteiger partial charge is 0.456 e. The Bertz CT molecular complexity index is 2290. The van der Waals surface area contributed by atoms with Crippen molar-refractivity contribution in [3.63, 3.8) is 0 Å². The summed E-state index contributed by atoms with van der Waals surface area (Å²) in [6, 6.07) is 60.3. The Labute approximate surface area is 268 Å². The number of hydrogen-bond acceptors (Lipinski definition) is 2. The third-order valence-electron chi connectivity index (χ3n) is 8.55. The van der Waals surface area contributed by atoms with E-state index in [9.17, 15) is 5.41 Å². The van der Waals surface area contributed by atoms with Crippen LogP contribution in [0.1, 0.15) is 5.56 Å². The van der Waals surface area contributed by atoms with E-state index in [-0.39, 0.29) is 0 Å². The number of hydrogen-bond donors (Lipinski definition) is 1. The maximum atomic E-state index is 9.53. The van der Waals surface area contributed by atoms with Gasteiger partial charge in [-0.1, -0.05) is 146 Å². The summed E-state index contributed by atoms with van der Waals surface area (Å²) < 4.78 is 6.45. The first-order valence-corrected chi connectivity index (χ1v) is 15.4. The Balaban J connectivity index is 1.27. The second-order valence-corrected chi connectivity index (χ2v) is 11.3. The third-order valence-corrected chi connectivity index (χ3v) is 8.55. The standard InChI is InChI=1S/C43H30N2O/c44-43(35-16-8-3-9-17-35)45(36-28-26-33(27-29-36)32-24-22-31(23-25-32)30-12-4-1-5-13-30)38-19-11-21-40-42(38)41-37(18-10-20-39(41)46-40)34-14-6-2-7-15-34/h1-29,44H. The molecule has 0 aliphatic heterocycles. The fourth-order valence-electron chi connectivity index (χ4n) is 6.30. The molecule has 1 heterocycles. The summed E-state index contributed by atoms with van der Waals surface area (Å²) in [5.41, 5.74) is 11.1. The van der Waals surface area contributed by atoms with Crippen LogP contribution >= 0.6 is 0 Å². The van der Waals surface area contributed by atoms with Crippen LogP contribution in [0.5, 0.6) is 0 Å². The van der Waals surface area contributed by atoms with E-state index in [2.05, 4.69) is 109 Å². The lowest BCUT2D eigenvalue weighted by Crippen LogP contribution is -2.26. The summed E-state index contributed by atoms with van der Waals surface area (Å²) in [7, 11) is 0. The normalized spacial score (nSPS) is 11.1. The number of anilines is 2. The molecule has 0 atom stereocenters. The van der Waals surface area contributed by atoms with E-state index in [1.807, 2.05) is 71.6 Å². The second kappa shape index (κ2) is 11.7. The van der Waals surface area contributed by atoms with Crippen LogP contribution in [0, 0.1) is 5.41 Å². The first-order chi connectivity index (χ1) is 22.7. The van der Waals surface area contributed by atoms with Gasteiger partial charge < -0.3 is 4.42 Å². The number of amidine groups is 1. The Morgan fingerprint density at radius 1 is 0.413 bits per heavy atom. The fourth-order valence-corrected chi connectivity index (χ4v) is 6.30. The molecule has 1 aromatic heterocycles. The van der Waals surface area contributed by atoms with Gasteiger partial charge >= 0.3 is 0 Å². The molecule has 0 aliphatic rings. The van der Waals surface area contributed by atoms with Crippen LogP contribution in [0.2, 0.25) is 0 Å². The lowest BCUT2D eigenvalue weighted by Gasteiger charge is -2.27. The second-order valence-electron chi connectivity index (χ2n) is 11.3. The minimum atomic E-state index is 0.389. The average Bonchev–Trinajstić information content (AvgIpc) is 3.53. The molecule has 8 aromatic rings. The van der Waals surface area contributed by atoms with Crippen molar-refractivity contribution in [3.8, 4) is 33.4 Å². The smallest absolute Gasteiger partial charge is 0.137 e. The highest BCUT2D eigenvalue weighted by Gasteiger charge is 2.23. The summed E-state index contributed by atoms with van der Waals surface area (Å²) in [6.07, 6.45) is 0. The summed E-state index contributed by atoms with van der Waals surface area (Å²) >= 11 is 0. The van der Waals surface area contributed by atoms with Gasteiger partial charge in [-0.3, -0.25) is 10.3 Å². The Hall–Kier alpha value is -6.19. The zero-order valence-corrected chi connectivity index (χ0v) is 25.1. The van der Waals surface area contributed by atoms with Gasteiger partial charge in [0.15, 0.2) is 0 Å². The molecule has 0 aliphatic carbocycles. The molecule has 0 saturated carbocycles. The summed E-state index contributed by atoms with van der Waals surface area (Å²) in [4.78, 5) is 2.04. The van der Waals surface area contributed by atoms with E-state index >= 15 is 0 Å². The van der Waals surface area contributed by atoms with Crippen molar-refractivity contribution in [2.75, 3.05) is 4.90 Å². The molecular formula is C43H30N2O. The zero-order valence-electron chi connectivity index (χ0n) is 25.1. The van der Waals surface area contributed by atoms with Gasteiger partial charge in [-0.15, -0.1) is 0 Å². The lowest BCUT2D eigenvalue weighted by atomic mass is 9.98. The zero-order chi connectivity index (χ0) is 30.9. The van der Waals surface area contributed by atoms with Crippen LogP contribution in [-0.4, -0.2) is 5.84 Å². The van der Waals surface area contributed by atoms with Crippen molar-refractivity contribution >= 4 is 39.1 Å². The maximum Gasteiger partial charge on any atom is 0.137 e. The van der Waals surface area contributed by atoms with Crippen molar-refractivity contribution in [1.29, 1.82) is 5.41 Å². The Morgan fingerprint density at radius 2 is 0.891 bits per heavy atom. The molecule has 3 nitrogen and oxygen atoms in total. The summed E-state index contributed by atoms with van der Waals surface area (Å²) in [5, 5.41) is 11.6. The van der Waals surface area contributed by atoms with E-state index in [4.69, 9.17) is 4.42 Å². The number of nitrogens with one attached hydrogen (secondary N) is 1. The predicted octanol–water partition coefficient (Wildman–Crippen LogP) is 11.8. The number of fused-ring (bicyclic) bond motifs is 3. The molecule has 8 rings (SSSR count). The van der Waals surface area contributed by atoms with Crippen molar-refractivity contribution in [1.82, 2.24) is 0 Å². The van der Waals surface area contributed by atoms with Crippen molar-refractivity contribution < 1.29 is 4.42 Å². The van der Waals surface area contributed by atoms with E-state index in [1.54, 1.807) is 0 Å². The molecule has 0 radical (unpaired) electrons. The molecule has 0 bridgehead atoms. The number of nitrogens with zero attached hydrogens (tertiary/aromatic N) is 1. The highest BCUT2D eigenvalue weighted by molar-refractivity contribution is 6.23. The maximum absolute atomic E-state index is 9.53. The average molecular weight is 591 g/mol. The fraction of sp³-hybridized carbons (Fsp3) is 0. The van der Waals surface area contributed by atoms with E-state index in [1.165, 1.54) is 11.1 Å². The minimum Gasteiger partial charge on any atom is -0.456 e. The van der Waals surface area contributed by atoms with Gasteiger partial charge in [0.2, 0.25) is 0 Å². The van der Waals surface area contributed by atoms with Gasteiger partial charge in [0.1, 0.15) is 17.0 Å². The van der Waals surface area contributed by atoms with Crippen LogP contribution in [0.3, 0.4) is 0 Å². The van der Waals surface area contributed by atoms with Crippen LogP contribution < -0.4 is 4.90 Å². The van der Waals surface area contributed by atoms with Gasteiger partial charge in [0, 0.05) is 16.6 Å². The molecule has 1 N–H and O–H groups in total. The quantitative estimate of drug-likeness (QED) is 0.155. The monoisotopic (exact) mass is 590 g/mol. The van der Waals surface area contributed by atoms with E-state index in [0.717, 1.165) is 61.1 Å². The first-order valence-electron chi connectivity index (χ1n) is 15.4. The van der Waals surface area contributed by atoms with Crippen LogP contribution in [0.15, 0.2) is 180 Å². The molecule has 3 heteroatoms. The van der Waals surface area contributed by atoms with Crippen molar-refractivity contribution in [2.24, 2.45) is 0 Å². The summed E-state index contributed by atoms with van der Waals surface area (Å²) in [5.74, 6) is 0.389. The molecular weight excluding hydrogens is 560 g/mol. The third kappa shape index (κ3) is 4.94. The van der Waals surface area contributed by atoms with Gasteiger partial charge in [-0.2, -0.15) is 0 Å². The molecule has 0 fully saturated rings. The molecule has 0 spiro atoms. The van der Waals surface area contributed by atoms with Crippen LogP contribution in [-0.2, 0) is 0 Å². The molecule has 0 unspecified atom stereocenters.